The van der Waals surface area contributed by atoms with Gasteiger partial charge in [0.2, 0.25) is 5.79 Å². The zero-order valence-corrected chi connectivity index (χ0v) is 16.8. The van der Waals surface area contributed by atoms with Gasteiger partial charge in [-0.15, -0.1) is 0 Å². The maximum Gasteiger partial charge on any atom is 0.338 e. The summed E-state index contributed by atoms with van der Waals surface area (Å²) in [4.78, 5) is 16.3. The van der Waals surface area contributed by atoms with E-state index < -0.39 is 17.9 Å². The number of hydrogen-bond donors (Lipinski definition) is 0. The molecule has 1 aliphatic heterocycles. The third kappa shape index (κ3) is 4.46. The number of ether oxygens (including phenoxy) is 3. The lowest BCUT2D eigenvalue weighted by atomic mass is 10.1. The van der Waals surface area contributed by atoms with Gasteiger partial charge in [-0.25, -0.2) is 9.78 Å². The number of esters is 1. The van der Waals surface area contributed by atoms with E-state index in [4.69, 9.17) is 37.4 Å². The normalized spacial score (nSPS) is 21.2. The van der Waals surface area contributed by atoms with Crippen LogP contribution in [0.1, 0.15) is 15.9 Å². The number of hydrogen-bond acceptors (Lipinski definition) is 5. The van der Waals surface area contributed by atoms with Gasteiger partial charge in [0.25, 0.3) is 0 Å². The molecule has 1 saturated heterocycles. The van der Waals surface area contributed by atoms with Gasteiger partial charge in [-0.2, -0.15) is 0 Å². The standard InChI is InChI=1S/C21H18Cl2N2O4/c22-16-6-7-18(19(23)10-16)21(13-25-9-8-24-14-25)28-12-17(29-21)11-27-20(26)15-4-2-1-3-5-15/h1-10,14,17H,11-13H2/t17-,21+/m1/s1. The Labute approximate surface area is 177 Å². The third-order valence-corrected chi connectivity index (χ3v) is 5.11. The van der Waals surface area contributed by atoms with Gasteiger partial charge in [-0.05, 0) is 24.3 Å². The first-order chi connectivity index (χ1) is 14.1. The van der Waals surface area contributed by atoms with Crippen molar-refractivity contribution in [3.05, 3.63) is 88.4 Å². The average molecular weight is 433 g/mol. The van der Waals surface area contributed by atoms with Crippen LogP contribution in [-0.2, 0) is 26.5 Å². The van der Waals surface area contributed by atoms with Crippen molar-refractivity contribution in [2.75, 3.05) is 13.2 Å². The molecule has 1 fully saturated rings. The molecule has 0 saturated carbocycles. The second-order valence-corrected chi connectivity index (χ2v) is 7.47. The quantitative estimate of drug-likeness (QED) is 0.542. The monoisotopic (exact) mass is 432 g/mol. The van der Waals surface area contributed by atoms with Crippen molar-refractivity contribution >= 4 is 29.2 Å². The summed E-state index contributed by atoms with van der Waals surface area (Å²) in [5.74, 6) is -1.56. The van der Waals surface area contributed by atoms with E-state index in [1.165, 1.54) is 0 Å². The zero-order valence-electron chi connectivity index (χ0n) is 15.3. The van der Waals surface area contributed by atoms with E-state index in [9.17, 15) is 4.79 Å². The van der Waals surface area contributed by atoms with Gasteiger partial charge in [-0.1, -0.05) is 47.5 Å². The number of rotatable bonds is 6. The highest BCUT2D eigenvalue weighted by molar-refractivity contribution is 6.35. The van der Waals surface area contributed by atoms with Crippen LogP contribution in [0.3, 0.4) is 0 Å². The minimum absolute atomic E-state index is 0.0601. The van der Waals surface area contributed by atoms with E-state index in [2.05, 4.69) is 4.98 Å². The predicted molar refractivity (Wildman–Crippen MR) is 108 cm³/mol. The van der Waals surface area contributed by atoms with Gasteiger partial charge in [-0.3, -0.25) is 0 Å². The molecule has 0 spiro atoms. The SMILES string of the molecule is O=C(OC[C@@H]1CO[C@](Cn2ccnc2)(c2ccc(Cl)cc2Cl)O1)c1ccccc1. The molecule has 2 aromatic carbocycles. The van der Waals surface area contributed by atoms with Crippen LogP contribution in [-0.4, -0.2) is 34.8 Å². The van der Waals surface area contributed by atoms with Crippen molar-refractivity contribution < 1.29 is 19.0 Å². The predicted octanol–water partition coefficient (Wildman–Crippen LogP) is 4.32. The maximum absolute atomic E-state index is 12.2. The summed E-state index contributed by atoms with van der Waals surface area (Å²) < 4.78 is 19.6. The Morgan fingerprint density at radius 3 is 2.79 bits per heavy atom. The Balaban J connectivity index is 1.51. The molecule has 2 atom stereocenters. The fourth-order valence-electron chi connectivity index (χ4n) is 3.20. The van der Waals surface area contributed by atoms with E-state index in [1.54, 1.807) is 61.2 Å². The van der Waals surface area contributed by atoms with Gasteiger partial charge >= 0.3 is 5.97 Å². The van der Waals surface area contributed by atoms with Crippen molar-refractivity contribution in [3.8, 4) is 0 Å². The minimum Gasteiger partial charge on any atom is -0.459 e. The highest BCUT2D eigenvalue weighted by Crippen LogP contribution is 2.40. The summed E-state index contributed by atoms with van der Waals surface area (Å²) in [6, 6.07) is 14.0. The fourth-order valence-corrected chi connectivity index (χ4v) is 3.75. The zero-order chi connectivity index (χ0) is 20.3. The molecule has 1 aromatic heterocycles. The molecular formula is C21H18Cl2N2O4. The molecule has 0 unspecified atom stereocenters. The molecule has 29 heavy (non-hydrogen) atoms. The van der Waals surface area contributed by atoms with Crippen molar-refractivity contribution in [1.29, 1.82) is 0 Å². The largest absolute Gasteiger partial charge is 0.459 e. The van der Waals surface area contributed by atoms with Crippen LogP contribution >= 0.6 is 23.2 Å². The Bertz CT molecular complexity index is 982. The van der Waals surface area contributed by atoms with Crippen molar-refractivity contribution in [2.45, 2.75) is 18.4 Å². The Morgan fingerprint density at radius 1 is 1.24 bits per heavy atom. The van der Waals surface area contributed by atoms with Crippen molar-refractivity contribution in [1.82, 2.24) is 9.55 Å². The minimum atomic E-state index is -1.15. The molecule has 8 heteroatoms. The molecular weight excluding hydrogens is 415 g/mol. The summed E-state index contributed by atoms with van der Waals surface area (Å²) >= 11 is 12.5. The molecule has 0 bridgehead atoms. The number of nitrogens with zero attached hydrogens (tertiary/aromatic N) is 2. The topological polar surface area (TPSA) is 62.6 Å². The highest BCUT2D eigenvalue weighted by atomic mass is 35.5. The molecule has 4 rings (SSSR count). The smallest absolute Gasteiger partial charge is 0.338 e. The lowest BCUT2D eigenvalue weighted by Crippen LogP contribution is -2.34. The molecule has 0 N–H and O–H groups in total. The number of imidazole rings is 1. The van der Waals surface area contributed by atoms with E-state index in [-0.39, 0.29) is 13.2 Å². The third-order valence-electron chi connectivity index (χ3n) is 4.56. The van der Waals surface area contributed by atoms with Crippen LogP contribution in [0.2, 0.25) is 10.0 Å². The average Bonchev–Trinajstić information content (AvgIpc) is 3.37. The van der Waals surface area contributed by atoms with Crippen molar-refractivity contribution in [2.24, 2.45) is 0 Å². The number of aromatic nitrogens is 2. The second kappa shape index (κ2) is 8.55. The highest BCUT2D eigenvalue weighted by Gasteiger charge is 2.45. The van der Waals surface area contributed by atoms with Gasteiger partial charge in [0.15, 0.2) is 0 Å². The summed E-state index contributed by atoms with van der Waals surface area (Å²) in [6.45, 7) is 0.637. The van der Waals surface area contributed by atoms with Gasteiger partial charge in [0, 0.05) is 23.0 Å². The van der Waals surface area contributed by atoms with Crippen LogP contribution in [0.5, 0.6) is 0 Å². The van der Waals surface area contributed by atoms with E-state index in [0.717, 1.165) is 0 Å². The summed E-state index contributed by atoms with van der Waals surface area (Å²) in [6.07, 6.45) is 4.70. The van der Waals surface area contributed by atoms with Crippen LogP contribution in [0, 0.1) is 0 Å². The van der Waals surface area contributed by atoms with Crippen LogP contribution in [0.4, 0.5) is 0 Å². The first-order valence-electron chi connectivity index (χ1n) is 9.01. The summed E-state index contributed by atoms with van der Waals surface area (Å²) in [7, 11) is 0. The molecule has 0 aliphatic carbocycles. The van der Waals surface area contributed by atoms with Crippen LogP contribution < -0.4 is 0 Å². The Hall–Kier alpha value is -2.38. The molecule has 0 amide bonds. The Morgan fingerprint density at radius 2 is 2.07 bits per heavy atom. The molecule has 1 aliphatic rings. The second-order valence-electron chi connectivity index (χ2n) is 6.63. The lowest BCUT2D eigenvalue weighted by Gasteiger charge is -2.29. The first kappa shape index (κ1) is 19.9. The molecule has 6 nitrogen and oxygen atoms in total. The van der Waals surface area contributed by atoms with Crippen molar-refractivity contribution in [3.63, 3.8) is 0 Å². The van der Waals surface area contributed by atoms with Crippen LogP contribution in [0.25, 0.3) is 0 Å². The van der Waals surface area contributed by atoms with E-state index >= 15 is 0 Å². The van der Waals surface area contributed by atoms with Gasteiger partial charge in [0.05, 0.1) is 30.1 Å². The number of benzene rings is 2. The van der Waals surface area contributed by atoms with E-state index in [0.29, 0.717) is 27.7 Å². The maximum atomic E-state index is 12.2. The molecule has 0 radical (unpaired) electrons. The number of carbonyl (C=O) groups excluding carboxylic acids is 1. The summed E-state index contributed by atoms with van der Waals surface area (Å²) in [5, 5.41) is 0.947. The first-order valence-corrected chi connectivity index (χ1v) is 9.76. The van der Waals surface area contributed by atoms with Gasteiger partial charge in [0.1, 0.15) is 12.7 Å². The molecule has 150 valence electrons. The van der Waals surface area contributed by atoms with Crippen LogP contribution in [0.15, 0.2) is 67.3 Å². The summed E-state index contributed by atoms with van der Waals surface area (Å²) in [5.41, 5.74) is 1.13. The Kier molecular flexibility index (Phi) is 5.87. The number of halogens is 2. The van der Waals surface area contributed by atoms with E-state index in [1.807, 2.05) is 10.6 Å². The number of carbonyl (C=O) groups is 1. The van der Waals surface area contributed by atoms with Gasteiger partial charge < -0.3 is 18.8 Å². The molecule has 3 aromatic rings. The lowest BCUT2D eigenvalue weighted by molar-refractivity contribution is -0.190. The fraction of sp³-hybridized carbons (Fsp3) is 0.238. The molecule has 2 heterocycles.